The van der Waals surface area contributed by atoms with Gasteiger partial charge in [-0.25, -0.2) is 21.8 Å². The van der Waals surface area contributed by atoms with Crippen molar-refractivity contribution >= 4 is 49.0 Å². The maximum absolute atomic E-state index is 15.8. The van der Waals surface area contributed by atoms with Crippen molar-refractivity contribution in [2.75, 3.05) is 12.9 Å². The van der Waals surface area contributed by atoms with Gasteiger partial charge in [0.05, 0.1) is 39.3 Å². The predicted octanol–water partition coefficient (Wildman–Crippen LogP) is 7.90. The number of fused-ring (bicyclic) bond motifs is 1. The van der Waals surface area contributed by atoms with Crippen molar-refractivity contribution in [3.8, 4) is 22.1 Å². The van der Waals surface area contributed by atoms with Gasteiger partial charge in [0.15, 0.2) is 11.6 Å². The van der Waals surface area contributed by atoms with Gasteiger partial charge >= 0.3 is 5.97 Å². The molecule has 0 aliphatic heterocycles. The summed E-state index contributed by atoms with van der Waals surface area (Å²) in [5.74, 6) is -1.25. The van der Waals surface area contributed by atoms with Gasteiger partial charge in [0.1, 0.15) is 10.8 Å². The average Bonchev–Trinajstić information content (AvgIpc) is 3.72. The van der Waals surface area contributed by atoms with Crippen molar-refractivity contribution in [1.82, 2.24) is 8.96 Å². The lowest BCUT2D eigenvalue weighted by Crippen LogP contribution is -2.14. The zero-order valence-corrected chi connectivity index (χ0v) is 29.2. The van der Waals surface area contributed by atoms with E-state index < -0.39 is 26.6 Å². The van der Waals surface area contributed by atoms with Crippen molar-refractivity contribution in [1.29, 1.82) is 0 Å². The highest BCUT2D eigenvalue weighted by molar-refractivity contribution is 7.89. The normalized spacial score (nSPS) is 12.2. The number of thiazole rings is 1. The fourth-order valence-electron chi connectivity index (χ4n) is 5.57. The molecule has 0 fully saturated rings. The lowest BCUT2D eigenvalue weighted by molar-refractivity contribution is -0.143. The molecule has 2 heterocycles. The van der Waals surface area contributed by atoms with Gasteiger partial charge in [0.25, 0.3) is 0 Å². The van der Waals surface area contributed by atoms with Crippen LogP contribution in [0.5, 0.6) is 11.5 Å². The largest absolute Gasteiger partial charge is 0.466 e. The Kier molecular flexibility index (Phi) is 10.4. The highest BCUT2D eigenvalue weighted by Gasteiger charge is 2.25. The lowest BCUT2D eigenvalue weighted by Gasteiger charge is -2.14. The van der Waals surface area contributed by atoms with E-state index in [0.717, 1.165) is 37.4 Å². The van der Waals surface area contributed by atoms with Gasteiger partial charge in [-0.2, -0.15) is 0 Å². The number of ether oxygens (including phenoxy) is 2. The summed E-state index contributed by atoms with van der Waals surface area (Å²) in [6.07, 6.45) is 4.29. The smallest absolute Gasteiger partial charge is 0.306 e. The molecule has 1 unspecified atom stereocenters. The molecule has 252 valence electrons. The molecule has 49 heavy (non-hydrogen) atoms. The fraction of sp³-hybridized carbons (Fsp3) is 0.189. The molecule has 0 N–H and O–H groups in total. The number of hydrogen-bond donors (Lipinski definition) is 0. The molecular weight excluding hydrogens is 684 g/mol. The number of hydrogen-bond acceptors (Lipinski definition) is 8. The third-order valence-corrected chi connectivity index (χ3v) is 11.3. The quantitative estimate of drug-likeness (QED) is 0.112. The summed E-state index contributed by atoms with van der Waals surface area (Å²) in [5, 5.41) is 3.05. The molecule has 0 aliphatic carbocycles. The van der Waals surface area contributed by atoms with E-state index in [9.17, 15) is 17.4 Å². The van der Waals surface area contributed by atoms with Crippen LogP contribution in [0.15, 0.2) is 107 Å². The molecule has 0 aliphatic rings. The molecular formula is C37H33FN2O6S3. The molecule has 1 atom stereocenters. The van der Waals surface area contributed by atoms with Crippen LogP contribution in [0, 0.1) is 5.82 Å². The Hall–Kier alpha value is -4.65. The van der Waals surface area contributed by atoms with E-state index in [1.807, 2.05) is 29.6 Å². The summed E-state index contributed by atoms with van der Waals surface area (Å²) >= 11 is 1.47. The first-order valence-electron chi connectivity index (χ1n) is 15.5. The molecule has 6 rings (SSSR count). The second-order valence-corrected chi connectivity index (χ2v) is 15.4. The van der Waals surface area contributed by atoms with Gasteiger partial charge in [-0.15, -0.1) is 11.3 Å². The fourth-order valence-corrected chi connectivity index (χ4v) is 8.72. The van der Waals surface area contributed by atoms with Crippen molar-refractivity contribution in [2.24, 2.45) is 0 Å². The van der Waals surface area contributed by atoms with Crippen molar-refractivity contribution < 1.29 is 31.3 Å². The number of carbonyl (C=O) groups is 1. The zero-order chi connectivity index (χ0) is 34.5. The molecule has 0 radical (unpaired) electrons. The number of esters is 1. The number of aryl methyl sites for hydroxylation is 1. The summed E-state index contributed by atoms with van der Waals surface area (Å²) in [6.45, 7) is 2.16. The van der Waals surface area contributed by atoms with Crippen molar-refractivity contribution in [3.05, 3.63) is 131 Å². The monoisotopic (exact) mass is 716 g/mol. The molecule has 2 aromatic heterocycles. The number of benzene rings is 4. The maximum Gasteiger partial charge on any atom is 0.306 e. The number of rotatable bonds is 13. The van der Waals surface area contributed by atoms with Gasteiger partial charge in [0, 0.05) is 47.7 Å². The van der Waals surface area contributed by atoms with E-state index in [4.69, 9.17) is 14.5 Å². The summed E-state index contributed by atoms with van der Waals surface area (Å²) in [4.78, 5) is 16.6. The van der Waals surface area contributed by atoms with Crippen molar-refractivity contribution in [2.45, 2.75) is 36.8 Å². The number of aromatic nitrogens is 2. The zero-order valence-electron chi connectivity index (χ0n) is 26.8. The number of nitrogens with zero attached hydrogens (tertiary/aromatic N) is 2. The summed E-state index contributed by atoms with van der Waals surface area (Å²) in [5.41, 5.74) is 4.43. The molecule has 0 saturated carbocycles. The molecule has 0 bridgehead atoms. The summed E-state index contributed by atoms with van der Waals surface area (Å²) < 4.78 is 67.5. The molecule has 6 aromatic rings. The van der Waals surface area contributed by atoms with Gasteiger partial charge in [-0.3, -0.25) is 9.00 Å². The molecule has 0 amide bonds. The van der Waals surface area contributed by atoms with Gasteiger partial charge in [0.2, 0.25) is 10.0 Å². The van der Waals surface area contributed by atoms with Crippen LogP contribution in [0.1, 0.15) is 35.7 Å². The first-order chi connectivity index (χ1) is 23.6. The standard InChI is InChI=1S/C37H33FN2O6S3/c1-3-45-34(41)16-15-25-11-7-12-27(19-25)20-29-23-47-37(39-29)28-13-8-14-30(21-28)46-35-32(38)22-33-31(36(35)48(2)42)17-18-40(33)49(43,44)24-26-9-5-4-6-10-26/h4-14,17-19,21-23H,3,15-16,20,24H2,1-2H3. The van der Waals surface area contributed by atoms with E-state index in [0.29, 0.717) is 42.6 Å². The summed E-state index contributed by atoms with van der Waals surface area (Å²) in [6, 6.07) is 26.4. The number of halogens is 1. The van der Waals surface area contributed by atoms with Crippen LogP contribution in [-0.4, -0.2) is 40.4 Å². The first kappa shape index (κ1) is 34.2. The van der Waals surface area contributed by atoms with E-state index in [1.54, 1.807) is 55.5 Å². The SMILES string of the molecule is CCOC(=O)CCc1cccc(Cc2csc(-c3cccc(Oc4c(F)cc5c(ccn5S(=O)(=O)Cc5ccccc5)c4S(C)=O)c3)n2)c1. The molecule has 12 heteroatoms. The highest BCUT2D eigenvalue weighted by atomic mass is 32.2. The molecule has 8 nitrogen and oxygen atoms in total. The second kappa shape index (κ2) is 14.9. The molecule has 4 aromatic carbocycles. The van der Waals surface area contributed by atoms with Crippen LogP contribution < -0.4 is 4.74 Å². The third-order valence-electron chi connectivity index (χ3n) is 7.75. The van der Waals surface area contributed by atoms with Crippen LogP contribution in [0.4, 0.5) is 4.39 Å². The van der Waals surface area contributed by atoms with Crippen LogP contribution in [0.25, 0.3) is 21.5 Å². The van der Waals surface area contributed by atoms with Gasteiger partial charge in [-0.1, -0.05) is 66.7 Å². The Morgan fingerprint density at radius 2 is 1.71 bits per heavy atom. The van der Waals surface area contributed by atoms with Gasteiger partial charge in [-0.05, 0) is 48.2 Å². The lowest BCUT2D eigenvalue weighted by atomic mass is 10.0. The average molecular weight is 717 g/mol. The van der Waals surface area contributed by atoms with Crippen molar-refractivity contribution in [3.63, 3.8) is 0 Å². The second-order valence-electron chi connectivity index (χ2n) is 11.3. The first-order valence-corrected chi connectivity index (χ1v) is 19.6. The molecule has 0 saturated heterocycles. The highest BCUT2D eigenvalue weighted by Crippen LogP contribution is 2.39. The third kappa shape index (κ3) is 7.98. The van der Waals surface area contributed by atoms with E-state index in [2.05, 4.69) is 6.07 Å². The predicted molar refractivity (Wildman–Crippen MR) is 191 cm³/mol. The molecule has 0 spiro atoms. The minimum atomic E-state index is -3.90. The van der Waals surface area contributed by atoms with E-state index >= 15 is 4.39 Å². The van der Waals surface area contributed by atoms with E-state index in [1.165, 1.54) is 29.9 Å². The van der Waals surface area contributed by atoms with Crippen LogP contribution in [-0.2, 0) is 48.9 Å². The van der Waals surface area contributed by atoms with Gasteiger partial charge < -0.3 is 9.47 Å². The summed E-state index contributed by atoms with van der Waals surface area (Å²) in [7, 11) is -5.63. The van der Waals surface area contributed by atoms with Crippen LogP contribution >= 0.6 is 11.3 Å². The Morgan fingerprint density at radius 1 is 0.959 bits per heavy atom. The Labute approximate surface area is 290 Å². The minimum absolute atomic E-state index is 0.0649. The Morgan fingerprint density at radius 3 is 2.49 bits per heavy atom. The maximum atomic E-state index is 15.8. The Balaban J connectivity index is 1.23. The van der Waals surface area contributed by atoms with E-state index in [-0.39, 0.29) is 27.9 Å². The topological polar surface area (TPSA) is 105 Å². The number of carbonyl (C=O) groups excluding carboxylic acids is 1. The minimum Gasteiger partial charge on any atom is -0.466 e. The Bertz CT molecular complexity index is 2260. The van der Waals surface area contributed by atoms with Crippen LogP contribution in [0.3, 0.4) is 0 Å². The van der Waals surface area contributed by atoms with Crippen LogP contribution in [0.2, 0.25) is 0 Å².